The lowest BCUT2D eigenvalue weighted by Gasteiger charge is -2.54. The zero-order chi connectivity index (χ0) is 23.7. The second-order valence-corrected chi connectivity index (χ2v) is 10.4. The molecule has 1 saturated carbocycles. The normalized spacial score (nSPS) is 32.0. The van der Waals surface area contributed by atoms with Crippen LogP contribution in [0.2, 0.25) is 0 Å². The number of cyclic esters (lactones) is 1. The van der Waals surface area contributed by atoms with Crippen LogP contribution in [0.3, 0.4) is 0 Å². The molecule has 0 radical (unpaired) electrons. The number of esters is 2. The molecular weight excluding hydrogens is 420 g/mol. The molecule has 0 aromatic carbocycles. The molecule has 4 atom stereocenters. The summed E-state index contributed by atoms with van der Waals surface area (Å²) < 4.78 is 17.9. The van der Waals surface area contributed by atoms with Crippen molar-refractivity contribution in [3.05, 3.63) is 11.8 Å². The van der Waals surface area contributed by atoms with Crippen molar-refractivity contribution >= 4 is 11.9 Å². The van der Waals surface area contributed by atoms with E-state index in [1.54, 1.807) is 0 Å². The molecule has 1 N–H and O–H groups in total. The Morgan fingerprint density at radius 3 is 2.30 bits per heavy atom. The minimum atomic E-state index is -0.576. The summed E-state index contributed by atoms with van der Waals surface area (Å²) in [7, 11) is 0. The third kappa shape index (κ3) is 6.32. The largest absolute Gasteiger partial charge is 0.512 e. The monoisotopic (exact) mass is 464 g/mol. The molecule has 1 saturated heterocycles. The van der Waals surface area contributed by atoms with Crippen molar-refractivity contribution < 1.29 is 28.9 Å². The van der Waals surface area contributed by atoms with Crippen LogP contribution in [0.4, 0.5) is 0 Å². The summed E-state index contributed by atoms with van der Waals surface area (Å²) in [6.07, 6.45) is 16.5. The third-order valence-electron chi connectivity index (χ3n) is 8.21. The Kier molecular flexibility index (Phi) is 9.66. The van der Waals surface area contributed by atoms with E-state index in [-0.39, 0.29) is 29.7 Å². The Morgan fingerprint density at radius 1 is 0.970 bits per heavy atom. The van der Waals surface area contributed by atoms with E-state index in [0.717, 1.165) is 38.5 Å². The first kappa shape index (κ1) is 26.1. The molecule has 3 aliphatic rings. The van der Waals surface area contributed by atoms with Crippen LogP contribution in [-0.2, 0) is 23.8 Å². The van der Waals surface area contributed by atoms with E-state index >= 15 is 0 Å². The number of aliphatic hydroxyl groups is 1. The number of hydrogen-bond donors (Lipinski definition) is 1. The average molecular weight is 465 g/mol. The van der Waals surface area contributed by atoms with Gasteiger partial charge < -0.3 is 19.3 Å². The second kappa shape index (κ2) is 12.2. The van der Waals surface area contributed by atoms with Gasteiger partial charge in [0.05, 0.1) is 24.2 Å². The van der Waals surface area contributed by atoms with Crippen LogP contribution in [0.15, 0.2) is 11.8 Å². The molecule has 33 heavy (non-hydrogen) atoms. The number of carbonyl (C=O) groups excluding carboxylic acids is 2. The zero-order valence-corrected chi connectivity index (χ0v) is 20.7. The number of hydrogen-bond acceptors (Lipinski definition) is 6. The van der Waals surface area contributed by atoms with Gasteiger partial charge in [-0.2, -0.15) is 0 Å². The zero-order valence-electron chi connectivity index (χ0n) is 20.7. The van der Waals surface area contributed by atoms with Crippen molar-refractivity contribution in [1.82, 2.24) is 0 Å². The quantitative estimate of drug-likeness (QED) is 0.275. The van der Waals surface area contributed by atoms with Gasteiger partial charge in [0, 0.05) is 11.8 Å². The minimum absolute atomic E-state index is 0.0552. The molecule has 3 rings (SSSR count). The number of rotatable bonds is 12. The first-order valence-electron chi connectivity index (χ1n) is 13.4. The average Bonchev–Trinajstić information content (AvgIpc) is 2.91. The number of fused-ring (bicyclic) bond motifs is 1. The predicted molar refractivity (Wildman–Crippen MR) is 127 cm³/mol. The van der Waals surface area contributed by atoms with E-state index in [1.165, 1.54) is 51.0 Å². The number of unbranched alkanes of at least 4 members (excludes halogenated alkanes) is 8. The van der Waals surface area contributed by atoms with E-state index in [2.05, 4.69) is 13.8 Å². The summed E-state index contributed by atoms with van der Waals surface area (Å²) in [6, 6.07) is 0. The highest BCUT2D eigenvalue weighted by atomic mass is 16.6. The van der Waals surface area contributed by atoms with Gasteiger partial charge in [-0.05, 0) is 25.7 Å². The number of carbonyl (C=O) groups is 2. The van der Waals surface area contributed by atoms with Crippen LogP contribution in [-0.4, -0.2) is 42.0 Å². The van der Waals surface area contributed by atoms with E-state index in [0.29, 0.717) is 19.4 Å². The van der Waals surface area contributed by atoms with Crippen molar-refractivity contribution in [1.29, 1.82) is 0 Å². The highest BCUT2D eigenvalue weighted by molar-refractivity contribution is 5.83. The topological polar surface area (TPSA) is 82.1 Å². The molecule has 0 aromatic rings. The van der Waals surface area contributed by atoms with E-state index in [4.69, 9.17) is 14.2 Å². The standard InChI is InChI=1S/C27H44O6/c1-3-5-7-9-10-12-15-26(14-11-8-6-4-2)20-31-25(30)19-32-27(26)16-13-21-22(28)17-24(29)33-23(21)18-27/h17,21,23,28H,3-16,18-20H2,1-2H3. The van der Waals surface area contributed by atoms with E-state index in [9.17, 15) is 14.7 Å². The molecule has 0 bridgehead atoms. The lowest BCUT2D eigenvalue weighted by Crippen LogP contribution is -2.58. The Balaban J connectivity index is 1.82. The van der Waals surface area contributed by atoms with Gasteiger partial charge in [-0.1, -0.05) is 78.1 Å². The number of aliphatic hydroxyl groups excluding tert-OH is 1. The summed E-state index contributed by atoms with van der Waals surface area (Å²) >= 11 is 0. The Labute approximate surface area is 199 Å². The van der Waals surface area contributed by atoms with Gasteiger partial charge in [-0.3, -0.25) is 0 Å². The van der Waals surface area contributed by atoms with Crippen molar-refractivity contribution in [3.8, 4) is 0 Å². The maximum atomic E-state index is 12.3. The van der Waals surface area contributed by atoms with Gasteiger partial charge in [0.2, 0.25) is 0 Å². The Morgan fingerprint density at radius 2 is 1.61 bits per heavy atom. The van der Waals surface area contributed by atoms with Crippen molar-refractivity contribution in [2.75, 3.05) is 13.2 Å². The predicted octanol–water partition coefficient (Wildman–Crippen LogP) is 6.17. The molecule has 1 aliphatic carbocycles. The van der Waals surface area contributed by atoms with E-state index in [1.807, 2.05) is 0 Å². The fraction of sp³-hybridized carbons (Fsp3) is 0.852. The van der Waals surface area contributed by atoms with Gasteiger partial charge >= 0.3 is 11.9 Å². The number of ether oxygens (including phenoxy) is 3. The fourth-order valence-corrected chi connectivity index (χ4v) is 6.23. The van der Waals surface area contributed by atoms with Crippen LogP contribution < -0.4 is 0 Å². The summed E-state index contributed by atoms with van der Waals surface area (Å²) in [6.45, 7) is 4.76. The highest BCUT2D eigenvalue weighted by Gasteiger charge is 2.58. The first-order chi connectivity index (χ1) is 16.0. The van der Waals surface area contributed by atoms with Gasteiger partial charge in [-0.25, -0.2) is 9.59 Å². The van der Waals surface area contributed by atoms with Crippen LogP contribution >= 0.6 is 0 Å². The SMILES string of the molecule is CCCCCCCCC1(CCCCCC)COC(=O)COC12CCC1C(O)=CC(=O)OC1C2. The summed E-state index contributed by atoms with van der Waals surface area (Å²) in [5, 5.41) is 10.4. The van der Waals surface area contributed by atoms with Crippen LogP contribution in [0.25, 0.3) is 0 Å². The second-order valence-electron chi connectivity index (χ2n) is 10.4. The first-order valence-corrected chi connectivity index (χ1v) is 13.4. The van der Waals surface area contributed by atoms with E-state index < -0.39 is 17.7 Å². The summed E-state index contributed by atoms with van der Waals surface area (Å²) in [5.41, 5.74) is -0.861. The molecule has 2 heterocycles. The Bertz CT molecular complexity index is 688. The molecule has 188 valence electrons. The fourth-order valence-electron chi connectivity index (χ4n) is 6.23. The molecule has 0 aromatic heterocycles. The lowest BCUT2D eigenvalue weighted by atomic mass is 9.58. The van der Waals surface area contributed by atoms with Crippen LogP contribution in [0.5, 0.6) is 0 Å². The smallest absolute Gasteiger partial charge is 0.334 e. The van der Waals surface area contributed by atoms with Gasteiger partial charge in [0.25, 0.3) is 0 Å². The minimum Gasteiger partial charge on any atom is -0.512 e. The third-order valence-corrected chi connectivity index (χ3v) is 8.21. The maximum absolute atomic E-state index is 12.3. The van der Waals surface area contributed by atoms with Crippen molar-refractivity contribution in [3.63, 3.8) is 0 Å². The Hall–Kier alpha value is -1.56. The van der Waals surface area contributed by atoms with Crippen molar-refractivity contribution in [2.24, 2.45) is 11.3 Å². The molecule has 1 spiro atoms. The maximum Gasteiger partial charge on any atom is 0.334 e. The van der Waals surface area contributed by atoms with Crippen LogP contribution in [0.1, 0.15) is 110 Å². The summed E-state index contributed by atoms with van der Waals surface area (Å²) in [5.74, 6) is -0.852. The lowest BCUT2D eigenvalue weighted by molar-refractivity contribution is -0.195. The molecular formula is C27H44O6. The molecule has 6 heteroatoms. The molecule has 2 fully saturated rings. The molecule has 6 nitrogen and oxygen atoms in total. The van der Waals surface area contributed by atoms with Gasteiger partial charge in [0.1, 0.15) is 18.5 Å². The molecule has 0 amide bonds. The van der Waals surface area contributed by atoms with Crippen molar-refractivity contribution in [2.45, 2.75) is 122 Å². The molecule has 4 unspecified atom stereocenters. The summed E-state index contributed by atoms with van der Waals surface area (Å²) in [4.78, 5) is 24.4. The van der Waals surface area contributed by atoms with Crippen LogP contribution in [0, 0.1) is 11.3 Å². The highest BCUT2D eigenvalue weighted by Crippen LogP contribution is 2.55. The van der Waals surface area contributed by atoms with Gasteiger partial charge in [-0.15, -0.1) is 0 Å². The molecule has 2 aliphatic heterocycles. The van der Waals surface area contributed by atoms with Gasteiger partial charge in [0.15, 0.2) is 0 Å².